The summed E-state index contributed by atoms with van der Waals surface area (Å²) in [5.74, 6) is 0. The molecule has 0 saturated carbocycles. The van der Waals surface area contributed by atoms with Crippen LogP contribution in [-0.4, -0.2) is 26.1 Å². The zero-order valence-electron chi connectivity index (χ0n) is 5.34. The summed E-state index contributed by atoms with van der Waals surface area (Å²) in [6, 6.07) is 0. The van der Waals surface area contributed by atoms with Gasteiger partial charge < -0.3 is 9.47 Å². The number of hydrogen-bond donors (Lipinski definition) is 0. The van der Waals surface area contributed by atoms with Gasteiger partial charge in [-0.2, -0.15) is 0 Å². The van der Waals surface area contributed by atoms with Gasteiger partial charge in [0, 0.05) is 6.42 Å². The molecule has 0 atom stereocenters. The highest BCUT2D eigenvalue weighted by Gasteiger charge is 2.12. The van der Waals surface area contributed by atoms with Crippen LogP contribution in [0, 0.1) is 0 Å². The molecular formula is C6H11O3. The molecule has 0 spiro atoms. The molecule has 53 valence electrons. The van der Waals surface area contributed by atoms with E-state index in [-0.39, 0.29) is 12.9 Å². The maximum atomic E-state index is 10.0. The summed E-state index contributed by atoms with van der Waals surface area (Å²) >= 11 is 0. The number of rotatable bonds is 2. The lowest BCUT2D eigenvalue weighted by molar-refractivity contribution is -0.186. The van der Waals surface area contributed by atoms with E-state index < -0.39 is 0 Å². The van der Waals surface area contributed by atoms with Crippen LogP contribution in [0.5, 0.6) is 0 Å². The summed E-state index contributed by atoms with van der Waals surface area (Å²) in [6.07, 6.45) is 1.23. The predicted octanol–water partition coefficient (Wildman–Crippen LogP) is 0.570. The molecule has 3 heteroatoms. The topological polar surface area (TPSA) is 38.4 Å². The second kappa shape index (κ2) is 3.82. The van der Waals surface area contributed by atoms with Gasteiger partial charge in [-0.1, -0.05) is 0 Å². The molecule has 1 aliphatic rings. The normalized spacial score (nSPS) is 22.3. The molecule has 1 radical (unpaired) electrons. The van der Waals surface area contributed by atoms with Crippen LogP contribution in [0.3, 0.4) is 0 Å². The van der Waals surface area contributed by atoms with Gasteiger partial charge in [-0.15, -0.1) is 0 Å². The average molecular weight is 131 g/mol. The zero-order chi connectivity index (χ0) is 6.53. The molecule has 1 aliphatic heterocycles. The Labute approximate surface area is 54.6 Å². The van der Waals surface area contributed by atoms with Crippen molar-refractivity contribution in [3.8, 4) is 0 Å². The summed E-state index contributed by atoms with van der Waals surface area (Å²) in [4.78, 5) is 0. The largest absolute Gasteiger partial charge is 0.352 e. The van der Waals surface area contributed by atoms with E-state index in [1.165, 1.54) is 0 Å². The van der Waals surface area contributed by atoms with Gasteiger partial charge in [-0.25, -0.2) is 5.11 Å². The van der Waals surface area contributed by atoms with Gasteiger partial charge in [-0.3, -0.25) is 0 Å². The lowest BCUT2D eigenvalue weighted by atomic mass is 10.4. The third-order valence-corrected chi connectivity index (χ3v) is 1.25. The van der Waals surface area contributed by atoms with E-state index in [1.807, 2.05) is 0 Å². The lowest BCUT2D eigenvalue weighted by Crippen LogP contribution is -2.25. The fourth-order valence-electron chi connectivity index (χ4n) is 0.799. The second-order valence-electron chi connectivity index (χ2n) is 2.02. The van der Waals surface area contributed by atoms with Crippen LogP contribution >= 0.6 is 0 Å². The summed E-state index contributed by atoms with van der Waals surface area (Å²) in [7, 11) is 0. The minimum Gasteiger partial charge on any atom is -0.352 e. The molecule has 0 unspecified atom stereocenters. The Morgan fingerprint density at radius 1 is 1.33 bits per heavy atom. The highest BCUT2D eigenvalue weighted by atomic mass is 16.7. The van der Waals surface area contributed by atoms with E-state index in [4.69, 9.17) is 9.47 Å². The van der Waals surface area contributed by atoms with E-state index in [9.17, 15) is 5.11 Å². The van der Waals surface area contributed by atoms with Crippen molar-refractivity contribution in [1.82, 2.24) is 0 Å². The third-order valence-electron chi connectivity index (χ3n) is 1.25. The summed E-state index contributed by atoms with van der Waals surface area (Å²) in [5.41, 5.74) is 0. The molecule has 0 bridgehead atoms. The fourth-order valence-corrected chi connectivity index (χ4v) is 0.799. The molecule has 0 N–H and O–H groups in total. The van der Waals surface area contributed by atoms with Gasteiger partial charge >= 0.3 is 0 Å². The quantitative estimate of drug-likeness (QED) is 0.549. The van der Waals surface area contributed by atoms with Crippen molar-refractivity contribution in [3.05, 3.63) is 0 Å². The van der Waals surface area contributed by atoms with E-state index in [0.717, 1.165) is 19.6 Å². The highest BCUT2D eigenvalue weighted by molar-refractivity contribution is 4.49. The molecule has 1 saturated heterocycles. The molecule has 1 heterocycles. The van der Waals surface area contributed by atoms with Crippen LogP contribution in [0.25, 0.3) is 0 Å². The summed E-state index contributed by atoms with van der Waals surface area (Å²) in [6.45, 7) is 1.38. The molecule has 0 aromatic carbocycles. The van der Waals surface area contributed by atoms with Crippen LogP contribution in [0.1, 0.15) is 12.8 Å². The minimum atomic E-state index is -0.212. The molecule has 0 aromatic heterocycles. The van der Waals surface area contributed by atoms with Crippen LogP contribution in [0.15, 0.2) is 0 Å². The van der Waals surface area contributed by atoms with E-state index >= 15 is 0 Å². The molecule has 3 nitrogen and oxygen atoms in total. The number of ether oxygens (including phenoxy) is 2. The van der Waals surface area contributed by atoms with E-state index in [1.54, 1.807) is 0 Å². The monoisotopic (exact) mass is 131 g/mol. The summed E-state index contributed by atoms with van der Waals surface area (Å²) in [5, 5.41) is 10.0. The van der Waals surface area contributed by atoms with Crippen molar-refractivity contribution in [3.63, 3.8) is 0 Å². The Morgan fingerprint density at radius 2 is 2.00 bits per heavy atom. The van der Waals surface area contributed by atoms with Crippen LogP contribution in [0.2, 0.25) is 0 Å². The molecule has 0 aliphatic carbocycles. The Hall–Kier alpha value is -0.120. The van der Waals surface area contributed by atoms with Gasteiger partial charge in [0.1, 0.15) is 0 Å². The van der Waals surface area contributed by atoms with E-state index in [2.05, 4.69) is 0 Å². The van der Waals surface area contributed by atoms with Crippen molar-refractivity contribution in [2.45, 2.75) is 19.1 Å². The predicted molar refractivity (Wildman–Crippen MR) is 30.5 cm³/mol. The molecular weight excluding hydrogens is 120 g/mol. The first-order valence-corrected chi connectivity index (χ1v) is 3.25. The average Bonchev–Trinajstić information content (AvgIpc) is 1.91. The molecule has 0 aromatic rings. The molecule has 1 fully saturated rings. The second-order valence-corrected chi connectivity index (χ2v) is 2.02. The Kier molecular flexibility index (Phi) is 2.97. The van der Waals surface area contributed by atoms with Gasteiger partial charge in [0.2, 0.25) is 0 Å². The first-order valence-electron chi connectivity index (χ1n) is 3.25. The van der Waals surface area contributed by atoms with Crippen molar-refractivity contribution in [2.24, 2.45) is 0 Å². The Balaban J connectivity index is 2.08. The minimum absolute atomic E-state index is 0.106. The first kappa shape index (κ1) is 6.99. The third kappa shape index (κ3) is 2.30. The summed E-state index contributed by atoms with van der Waals surface area (Å²) < 4.78 is 10.2. The van der Waals surface area contributed by atoms with Gasteiger partial charge in [0.05, 0.1) is 19.8 Å². The SMILES string of the molecule is [O]CCC1OCCCO1. The van der Waals surface area contributed by atoms with Crippen LogP contribution in [0.4, 0.5) is 0 Å². The molecule has 9 heavy (non-hydrogen) atoms. The van der Waals surface area contributed by atoms with Crippen molar-refractivity contribution in [1.29, 1.82) is 0 Å². The van der Waals surface area contributed by atoms with Crippen LogP contribution < -0.4 is 0 Å². The molecule has 1 rings (SSSR count). The maximum Gasteiger partial charge on any atom is 0.159 e. The Morgan fingerprint density at radius 3 is 2.56 bits per heavy atom. The van der Waals surface area contributed by atoms with Crippen molar-refractivity contribution < 1.29 is 14.6 Å². The number of hydrogen-bond acceptors (Lipinski definition) is 2. The maximum absolute atomic E-state index is 10.0. The van der Waals surface area contributed by atoms with Gasteiger partial charge in [-0.05, 0) is 6.42 Å². The van der Waals surface area contributed by atoms with E-state index in [0.29, 0.717) is 6.42 Å². The van der Waals surface area contributed by atoms with Gasteiger partial charge in [0.25, 0.3) is 0 Å². The highest BCUT2D eigenvalue weighted by Crippen LogP contribution is 2.06. The smallest absolute Gasteiger partial charge is 0.159 e. The lowest BCUT2D eigenvalue weighted by Gasteiger charge is -2.21. The van der Waals surface area contributed by atoms with Gasteiger partial charge in [0.15, 0.2) is 6.29 Å². The standard InChI is InChI=1S/C6H11O3/c7-3-2-6-8-4-1-5-9-6/h6H,1-5H2. The fraction of sp³-hybridized carbons (Fsp3) is 1.00. The first-order chi connectivity index (χ1) is 4.43. The van der Waals surface area contributed by atoms with Crippen LogP contribution in [-0.2, 0) is 14.6 Å². The van der Waals surface area contributed by atoms with Crippen molar-refractivity contribution in [2.75, 3.05) is 19.8 Å². The van der Waals surface area contributed by atoms with Crippen molar-refractivity contribution >= 4 is 0 Å². The Bertz CT molecular complexity index is 65.9. The zero-order valence-corrected chi connectivity index (χ0v) is 5.34. The molecule has 0 amide bonds.